The third kappa shape index (κ3) is 5.71. The fourth-order valence-electron chi connectivity index (χ4n) is 2.68. The Labute approximate surface area is 171 Å². The van der Waals surface area contributed by atoms with E-state index in [-0.39, 0.29) is 6.54 Å². The minimum absolute atomic E-state index is 0.207. The number of nitrogens with zero attached hydrogens (tertiary/aromatic N) is 2. The SMILES string of the molecule is CCOc1ccccc1NC(=S)Nc1cnn(Cc2cccc(C(F)(F)F)c2)c1. The maximum Gasteiger partial charge on any atom is 0.416 e. The average molecular weight is 420 g/mol. The topological polar surface area (TPSA) is 51.1 Å². The molecule has 9 heteroatoms. The van der Waals surface area contributed by atoms with Crippen LogP contribution in [-0.2, 0) is 12.7 Å². The van der Waals surface area contributed by atoms with Crippen LogP contribution in [0.25, 0.3) is 0 Å². The lowest BCUT2D eigenvalue weighted by Gasteiger charge is -2.13. The summed E-state index contributed by atoms with van der Waals surface area (Å²) in [6.07, 6.45) is -1.15. The van der Waals surface area contributed by atoms with Gasteiger partial charge in [0.25, 0.3) is 0 Å². The summed E-state index contributed by atoms with van der Waals surface area (Å²) in [5.74, 6) is 0.680. The number of rotatable bonds is 6. The molecular formula is C20H19F3N4OS. The number of thiocarbonyl (C=S) groups is 1. The Morgan fingerprint density at radius 1 is 1.14 bits per heavy atom. The molecule has 0 amide bonds. The summed E-state index contributed by atoms with van der Waals surface area (Å²) in [5.41, 5.74) is 1.16. The summed E-state index contributed by atoms with van der Waals surface area (Å²) in [7, 11) is 0. The Morgan fingerprint density at radius 2 is 1.93 bits per heavy atom. The highest BCUT2D eigenvalue weighted by molar-refractivity contribution is 7.80. The van der Waals surface area contributed by atoms with Crippen LogP contribution in [0.3, 0.4) is 0 Å². The maximum atomic E-state index is 12.8. The molecule has 5 nitrogen and oxygen atoms in total. The number of aromatic nitrogens is 2. The number of nitrogens with one attached hydrogen (secondary N) is 2. The molecule has 3 aromatic rings. The molecule has 0 saturated heterocycles. The van der Waals surface area contributed by atoms with Gasteiger partial charge >= 0.3 is 6.18 Å². The lowest BCUT2D eigenvalue weighted by atomic mass is 10.1. The van der Waals surface area contributed by atoms with E-state index in [9.17, 15) is 13.2 Å². The minimum Gasteiger partial charge on any atom is -0.492 e. The van der Waals surface area contributed by atoms with Crippen LogP contribution in [0.4, 0.5) is 24.5 Å². The molecule has 0 spiro atoms. The van der Waals surface area contributed by atoms with Crippen LogP contribution in [0.15, 0.2) is 60.9 Å². The zero-order valence-electron chi connectivity index (χ0n) is 15.5. The number of anilines is 2. The molecule has 0 aliphatic carbocycles. The van der Waals surface area contributed by atoms with Crippen molar-refractivity contribution >= 4 is 28.7 Å². The summed E-state index contributed by atoms with van der Waals surface area (Å²) in [4.78, 5) is 0. The van der Waals surface area contributed by atoms with Gasteiger partial charge in [0.2, 0.25) is 0 Å². The molecule has 0 unspecified atom stereocenters. The molecule has 3 rings (SSSR count). The quantitative estimate of drug-likeness (QED) is 0.540. The van der Waals surface area contributed by atoms with E-state index in [4.69, 9.17) is 17.0 Å². The van der Waals surface area contributed by atoms with Crippen LogP contribution in [0.1, 0.15) is 18.1 Å². The van der Waals surface area contributed by atoms with Gasteiger partial charge < -0.3 is 15.4 Å². The van der Waals surface area contributed by atoms with Gasteiger partial charge in [-0.2, -0.15) is 18.3 Å². The van der Waals surface area contributed by atoms with Gasteiger partial charge in [0.05, 0.1) is 36.3 Å². The average Bonchev–Trinajstić information content (AvgIpc) is 3.09. The maximum absolute atomic E-state index is 12.8. The Hall–Kier alpha value is -3.07. The van der Waals surface area contributed by atoms with Gasteiger partial charge in [-0.1, -0.05) is 24.3 Å². The van der Waals surface area contributed by atoms with E-state index in [2.05, 4.69) is 15.7 Å². The van der Waals surface area contributed by atoms with Crippen molar-refractivity contribution in [1.29, 1.82) is 0 Å². The molecule has 0 fully saturated rings. The van der Waals surface area contributed by atoms with E-state index in [1.165, 1.54) is 10.7 Å². The highest BCUT2D eigenvalue weighted by Crippen LogP contribution is 2.29. The molecule has 1 aromatic heterocycles. The summed E-state index contributed by atoms with van der Waals surface area (Å²) in [5, 5.41) is 10.6. The summed E-state index contributed by atoms with van der Waals surface area (Å²) >= 11 is 5.32. The molecule has 0 bridgehead atoms. The fourth-order valence-corrected chi connectivity index (χ4v) is 2.91. The molecular weight excluding hydrogens is 401 g/mol. The molecule has 0 saturated carbocycles. The highest BCUT2D eigenvalue weighted by atomic mass is 32.1. The smallest absolute Gasteiger partial charge is 0.416 e. The summed E-state index contributed by atoms with van der Waals surface area (Å²) in [6.45, 7) is 2.63. The van der Waals surface area contributed by atoms with Crippen molar-refractivity contribution in [2.24, 2.45) is 0 Å². The van der Waals surface area contributed by atoms with Crippen molar-refractivity contribution in [3.8, 4) is 5.75 Å². The fraction of sp³-hybridized carbons (Fsp3) is 0.200. The molecule has 29 heavy (non-hydrogen) atoms. The Balaban J connectivity index is 1.63. The van der Waals surface area contributed by atoms with Gasteiger partial charge in [-0.25, -0.2) is 0 Å². The first-order chi connectivity index (χ1) is 13.8. The first-order valence-corrected chi connectivity index (χ1v) is 9.24. The van der Waals surface area contributed by atoms with Gasteiger partial charge in [-0.15, -0.1) is 0 Å². The Bertz CT molecular complexity index is 988. The second-order valence-electron chi connectivity index (χ2n) is 6.13. The number of hydrogen-bond acceptors (Lipinski definition) is 3. The Kier molecular flexibility index (Phi) is 6.38. The molecule has 1 heterocycles. The first kappa shape index (κ1) is 20.7. The third-order valence-electron chi connectivity index (χ3n) is 3.93. The first-order valence-electron chi connectivity index (χ1n) is 8.83. The predicted octanol–water partition coefficient (Wildman–Crippen LogP) is 5.16. The molecule has 152 valence electrons. The van der Waals surface area contributed by atoms with E-state index in [1.54, 1.807) is 18.5 Å². The van der Waals surface area contributed by atoms with Crippen molar-refractivity contribution < 1.29 is 17.9 Å². The van der Waals surface area contributed by atoms with Crippen LogP contribution in [0.2, 0.25) is 0 Å². The molecule has 0 radical (unpaired) electrons. The van der Waals surface area contributed by atoms with Crippen molar-refractivity contribution in [3.63, 3.8) is 0 Å². The van der Waals surface area contributed by atoms with Gasteiger partial charge in [0, 0.05) is 6.20 Å². The van der Waals surface area contributed by atoms with Gasteiger partial charge in [-0.3, -0.25) is 4.68 Å². The largest absolute Gasteiger partial charge is 0.492 e. The van der Waals surface area contributed by atoms with Crippen molar-refractivity contribution in [2.75, 3.05) is 17.2 Å². The number of benzene rings is 2. The number of halogens is 3. The van der Waals surface area contributed by atoms with E-state index in [0.29, 0.717) is 28.7 Å². The summed E-state index contributed by atoms with van der Waals surface area (Å²) < 4.78 is 45.6. The van der Waals surface area contributed by atoms with Gasteiger partial charge in [0.1, 0.15) is 5.75 Å². The van der Waals surface area contributed by atoms with Crippen molar-refractivity contribution in [2.45, 2.75) is 19.6 Å². The minimum atomic E-state index is -4.37. The van der Waals surface area contributed by atoms with E-state index < -0.39 is 11.7 Å². The van der Waals surface area contributed by atoms with Crippen LogP contribution in [0, 0.1) is 0 Å². The number of hydrogen-bond donors (Lipinski definition) is 2. The summed E-state index contributed by atoms with van der Waals surface area (Å²) in [6, 6.07) is 12.6. The Morgan fingerprint density at radius 3 is 2.69 bits per heavy atom. The van der Waals surface area contributed by atoms with Crippen LogP contribution >= 0.6 is 12.2 Å². The second kappa shape index (κ2) is 8.95. The number of alkyl halides is 3. The lowest BCUT2D eigenvalue weighted by Crippen LogP contribution is -2.19. The standard InChI is InChI=1S/C20H19F3N4OS/c1-2-28-18-9-4-3-8-17(18)26-19(29)25-16-11-24-27(13-16)12-14-6-5-7-15(10-14)20(21,22)23/h3-11,13H,2,12H2,1H3,(H2,25,26,29). The van der Waals surface area contributed by atoms with E-state index in [1.807, 2.05) is 31.2 Å². The third-order valence-corrected chi connectivity index (χ3v) is 4.13. The zero-order chi connectivity index (χ0) is 20.9. The molecule has 0 aliphatic heterocycles. The normalized spacial score (nSPS) is 11.2. The molecule has 2 aromatic carbocycles. The monoisotopic (exact) mass is 420 g/mol. The zero-order valence-corrected chi connectivity index (χ0v) is 16.3. The molecule has 0 aliphatic rings. The number of ether oxygens (including phenoxy) is 1. The van der Waals surface area contributed by atoms with Crippen LogP contribution in [-0.4, -0.2) is 21.5 Å². The van der Waals surface area contributed by atoms with E-state index in [0.717, 1.165) is 17.8 Å². The predicted molar refractivity (Wildman–Crippen MR) is 110 cm³/mol. The lowest BCUT2D eigenvalue weighted by molar-refractivity contribution is -0.137. The highest BCUT2D eigenvalue weighted by Gasteiger charge is 2.30. The van der Waals surface area contributed by atoms with E-state index >= 15 is 0 Å². The second-order valence-corrected chi connectivity index (χ2v) is 6.54. The van der Waals surface area contributed by atoms with Gasteiger partial charge in [0.15, 0.2) is 5.11 Å². The van der Waals surface area contributed by atoms with Crippen molar-refractivity contribution in [1.82, 2.24) is 9.78 Å². The van der Waals surface area contributed by atoms with Crippen molar-refractivity contribution in [3.05, 3.63) is 72.1 Å². The molecule has 0 atom stereocenters. The number of para-hydroxylation sites is 2. The van der Waals surface area contributed by atoms with Crippen LogP contribution in [0.5, 0.6) is 5.75 Å². The van der Waals surface area contributed by atoms with Crippen LogP contribution < -0.4 is 15.4 Å². The molecule has 2 N–H and O–H groups in total. The van der Waals surface area contributed by atoms with Gasteiger partial charge in [-0.05, 0) is 49.0 Å².